The average Bonchev–Trinajstić information content (AvgIpc) is 2.85. The number of carbonyl (C=O) groups is 1. The predicted molar refractivity (Wildman–Crippen MR) is 125 cm³/mol. The average molecular weight is 496 g/mol. The Labute approximate surface area is 203 Å². The first-order valence-electron chi connectivity index (χ1n) is 10.5. The number of amides is 1. The molecule has 0 spiro atoms. The number of benzene rings is 2. The zero-order valence-electron chi connectivity index (χ0n) is 19.0. The molecule has 9 nitrogen and oxygen atoms in total. The smallest absolute Gasteiger partial charge is 0.438 e. The highest BCUT2D eigenvalue weighted by molar-refractivity contribution is 6.04. The van der Waals surface area contributed by atoms with Crippen LogP contribution in [0.4, 0.5) is 24.8 Å². The third-order valence-electron chi connectivity index (χ3n) is 4.79. The molecule has 0 radical (unpaired) electrons. The molecule has 1 amide bonds. The van der Waals surface area contributed by atoms with Gasteiger partial charge in [-0.25, -0.2) is 15.0 Å². The van der Waals surface area contributed by atoms with E-state index in [-0.39, 0.29) is 17.1 Å². The molecule has 2 heterocycles. The number of rotatable bonds is 7. The van der Waals surface area contributed by atoms with Crippen LogP contribution in [0, 0.1) is 6.92 Å². The molecule has 4 rings (SSSR count). The SMILES string of the molecule is CNc1ncnc(-c2cccnc2Oc2cc(C(=O)Nc3cccc(OC(F)(F)F)c3)ccc2C)n1. The van der Waals surface area contributed by atoms with Gasteiger partial charge < -0.3 is 20.1 Å². The van der Waals surface area contributed by atoms with Crippen LogP contribution in [-0.4, -0.2) is 39.3 Å². The molecule has 0 saturated heterocycles. The highest BCUT2D eigenvalue weighted by Gasteiger charge is 2.31. The summed E-state index contributed by atoms with van der Waals surface area (Å²) in [6.45, 7) is 1.79. The van der Waals surface area contributed by atoms with Crippen LogP contribution in [0.1, 0.15) is 15.9 Å². The third-order valence-corrected chi connectivity index (χ3v) is 4.79. The molecular formula is C24H19F3N6O3. The van der Waals surface area contributed by atoms with Gasteiger partial charge in [0.2, 0.25) is 11.8 Å². The second-order valence-corrected chi connectivity index (χ2v) is 7.35. The number of halogens is 3. The summed E-state index contributed by atoms with van der Waals surface area (Å²) in [7, 11) is 1.68. The van der Waals surface area contributed by atoms with Gasteiger partial charge >= 0.3 is 6.36 Å². The summed E-state index contributed by atoms with van der Waals surface area (Å²) in [4.78, 5) is 29.6. The summed E-state index contributed by atoms with van der Waals surface area (Å²) in [5, 5.41) is 5.39. The van der Waals surface area contributed by atoms with E-state index in [9.17, 15) is 18.0 Å². The number of aryl methyl sites for hydroxylation is 1. The number of hydrogen-bond donors (Lipinski definition) is 2. The zero-order chi connectivity index (χ0) is 25.7. The molecule has 0 fully saturated rings. The maximum absolute atomic E-state index is 12.8. The van der Waals surface area contributed by atoms with E-state index in [0.29, 0.717) is 23.1 Å². The summed E-state index contributed by atoms with van der Waals surface area (Å²) in [5.74, 6) is 0.263. The van der Waals surface area contributed by atoms with E-state index in [1.165, 1.54) is 24.5 Å². The van der Waals surface area contributed by atoms with Crippen molar-refractivity contribution in [3.8, 4) is 28.8 Å². The second-order valence-electron chi connectivity index (χ2n) is 7.35. The van der Waals surface area contributed by atoms with Gasteiger partial charge in [-0.2, -0.15) is 4.98 Å². The van der Waals surface area contributed by atoms with Gasteiger partial charge in [-0.3, -0.25) is 4.79 Å². The molecule has 0 saturated carbocycles. The molecule has 0 atom stereocenters. The van der Waals surface area contributed by atoms with E-state index in [0.717, 1.165) is 17.7 Å². The lowest BCUT2D eigenvalue weighted by Gasteiger charge is -2.13. The molecule has 36 heavy (non-hydrogen) atoms. The van der Waals surface area contributed by atoms with Crippen molar-refractivity contribution < 1.29 is 27.4 Å². The van der Waals surface area contributed by atoms with Crippen LogP contribution < -0.4 is 20.1 Å². The van der Waals surface area contributed by atoms with Crippen molar-refractivity contribution in [1.29, 1.82) is 0 Å². The Bertz CT molecular complexity index is 1400. The minimum absolute atomic E-state index is 0.131. The molecule has 2 N–H and O–H groups in total. The number of carbonyl (C=O) groups excluding carboxylic acids is 1. The van der Waals surface area contributed by atoms with Crippen molar-refractivity contribution in [1.82, 2.24) is 19.9 Å². The first kappa shape index (κ1) is 24.4. The number of ether oxygens (including phenoxy) is 2. The number of alkyl halides is 3. The zero-order valence-corrected chi connectivity index (χ0v) is 19.0. The van der Waals surface area contributed by atoms with Crippen molar-refractivity contribution in [3.63, 3.8) is 0 Å². The van der Waals surface area contributed by atoms with Crippen molar-refractivity contribution in [3.05, 3.63) is 78.2 Å². The summed E-state index contributed by atoms with van der Waals surface area (Å²) >= 11 is 0. The Morgan fingerprint density at radius 2 is 1.83 bits per heavy atom. The highest BCUT2D eigenvalue weighted by atomic mass is 19.4. The molecule has 0 aliphatic carbocycles. The van der Waals surface area contributed by atoms with Crippen LogP contribution in [0.2, 0.25) is 0 Å². The fourth-order valence-corrected chi connectivity index (χ4v) is 3.12. The van der Waals surface area contributed by atoms with Gasteiger partial charge in [0.05, 0.1) is 5.56 Å². The molecule has 0 unspecified atom stereocenters. The van der Waals surface area contributed by atoms with Gasteiger partial charge in [-0.15, -0.1) is 13.2 Å². The van der Waals surface area contributed by atoms with Crippen LogP contribution in [0.5, 0.6) is 17.4 Å². The van der Waals surface area contributed by atoms with Gasteiger partial charge in [0.1, 0.15) is 17.8 Å². The van der Waals surface area contributed by atoms with Crippen LogP contribution in [0.3, 0.4) is 0 Å². The van der Waals surface area contributed by atoms with E-state index in [4.69, 9.17) is 4.74 Å². The molecule has 12 heteroatoms. The quantitative estimate of drug-likeness (QED) is 0.358. The minimum atomic E-state index is -4.84. The van der Waals surface area contributed by atoms with Gasteiger partial charge in [0, 0.05) is 30.6 Å². The van der Waals surface area contributed by atoms with Gasteiger partial charge in [0.25, 0.3) is 5.91 Å². The fourth-order valence-electron chi connectivity index (χ4n) is 3.12. The van der Waals surface area contributed by atoms with Crippen molar-refractivity contribution in [2.45, 2.75) is 13.3 Å². The van der Waals surface area contributed by atoms with Crippen molar-refractivity contribution in [2.24, 2.45) is 0 Å². The van der Waals surface area contributed by atoms with E-state index in [1.54, 1.807) is 44.4 Å². The topological polar surface area (TPSA) is 111 Å². The van der Waals surface area contributed by atoms with E-state index in [2.05, 4.69) is 35.3 Å². The maximum atomic E-state index is 12.8. The summed E-state index contributed by atoms with van der Waals surface area (Å²) in [6, 6.07) is 13.2. The maximum Gasteiger partial charge on any atom is 0.573 e. The molecule has 0 aliphatic heterocycles. The molecule has 0 aliphatic rings. The first-order valence-corrected chi connectivity index (χ1v) is 10.5. The van der Waals surface area contributed by atoms with E-state index < -0.39 is 18.0 Å². The highest BCUT2D eigenvalue weighted by Crippen LogP contribution is 2.32. The number of anilines is 2. The Kier molecular flexibility index (Phi) is 6.95. The van der Waals surface area contributed by atoms with Crippen LogP contribution in [0.25, 0.3) is 11.4 Å². The molecular weight excluding hydrogens is 477 g/mol. The molecule has 184 valence electrons. The van der Waals surface area contributed by atoms with Gasteiger partial charge in [-0.05, 0) is 48.9 Å². The largest absolute Gasteiger partial charge is 0.573 e. The first-order chi connectivity index (χ1) is 17.2. The summed E-state index contributed by atoms with van der Waals surface area (Å²) in [6.07, 6.45) is -1.94. The number of aromatic nitrogens is 4. The molecule has 2 aromatic heterocycles. The Morgan fingerprint density at radius 3 is 2.61 bits per heavy atom. The van der Waals surface area contributed by atoms with Gasteiger partial charge in [0.15, 0.2) is 5.82 Å². The van der Waals surface area contributed by atoms with Crippen LogP contribution >= 0.6 is 0 Å². The Balaban J connectivity index is 1.57. The van der Waals surface area contributed by atoms with Crippen LogP contribution in [-0.2, 0) is 0 Å². The Hall–Kier alpha value is -4.74. The number of nitrogens with zero attached hydrogens (tertiary/aromatic N) is 4. The molecule has 4 aromatic rings. The molecule has 0 bridgehead atoms. The van der Waals surface area contributed by atoms with Gasteiger partial charge in [-0.1, -0.05) is 12.1 Å². The van der Waals surface area contributed by atoms with E-state index >= 15 is 0 Å². The summed E-state index contributed by atoms with van der Waals surface area (Å²) < 4.78 is 47.4. The number of hydrogen-bond acceptors (Lipinski definition) is 8. The lowest BCUT2D eigenvalue weighted by atomic mass is 10.1. The minimum Gasteiger partial charge on any atom is -0.438 e. The summed E-state index contributed by atoms with van der Waals surface area (Å²) in [5.41, 5.74) is 1.57. The van der Waals surface area contributed by atoms with Crippen molar-refractivity contribution in [2.75, 3.05) is 17.7 Å². The number of pyridine rings is 1. The van der Waals surface area contributed by atoms with Crippen LogP contribution in [0.15, 0.2) is 67.1 Å². The van der Waals surface area contributed by atoms with E-state index in [1.807, 2.05) is 0 Å². The Morgan fingerprint density at radius 1 is 1.00 bits per heavy atom. The fraction of sp³-hybridized carbons (Fsp3) is 0.125. The second kappa shape index (κ2) is 10.3. The lowest BCUT2D eigenvalue weighted by molar-refractivity contribution is -0.274. The standard InChI is InChI=1S/C24H19F3N6O3/c1-14-8-9-15(21(34)32-16-5-3-6-17(12-16)36-24(25,26)27)11-19(14)35-22-18(7-4-10-29-22)20-30-13-31-23(28-2)33-20/h3-13H,1-2H3,(H,32,34)(H,28,30,31,33). The lowest BCUT2D eigenvalue weighted by Crippen LogP contribution is -2.17. The number of nitrogens with one attached hydrogen (secondary N) is 2. The third kappa shape index (κ3) is 6.03. The van der Waals surface area contributed by atoms with Crippen molar-refractivity contribution >= 4 is 17.5 Å². The predicted octanol–water partition coefficient (Wildman–Crippen LogP) is 5.23. The molecule has 2 aromatic carbocycles. The normalized spacial score (nSPS) is 11.0. The monoisotopic (exact) mass is 496 g/mol.